The van der Waals surface area contributed by atoms with Crippen LogP contribution in [0.25, 0.3) is 0 Å². The summed E-state index contributed by atoms with van der Waals surface area (Å²) in [6, 6.07) is 16.6. The monoisotopic (exact) mass is 649 g/mol. The Hall–Kier alpha value is -3.93. The molecule has 1 saturated heterocycles. The minimum absolute atomic E-state index is 0.0884. The van der Waals surface area contributed by atoms with Gasteiger partial charge in [0.25, 0.3) is 5.91 Å². The van der Waals surface area contributed by atoms with Crippen LogP contribution in [-0.2, 0) is 16.0 Å². The topological polar surface area (TPSA) is 117 Å². The van der Waals surface area contributed by atoms with E-state index >= 15 is 0 Å². The van der Waals surface area contributed by atoms with Crippen LogP contribution in [0.5, 0.6) is 11.5 Å². The fraction of sp³-hybridized carbons (Fsp3) is 0.457. The fourth-order valence-electron chi connectivity index (χ4n) is 5.13. The van der Waals surface area contributed by atoms with Gasteiger partial charge in [0, 0.05) is 44.5 Å². The van der Waals surface area contributed by atoms with Crippen molar-refractivity contribution in [2.24, 2.45) is 5.73 Å². The molecule has 1 aromatic heterocycles. The number of amides is 3. The molecule has 0 spiro atoms. The SMILES string of the molecule is Cc1ccc(N(C)C(=O)Cc2ccc(NC(=O)c3ccccc3OCCCN)s2)c(OCCCCCC(=O)N2CCN(C)CC2)c1. The Morgan fingerprint density at radius 2 is 1.65 bits per heavy atom. The number of nitrogens with two attached hydrogens (primary N) is 1. The first-order valence-corrected chi connectivity index (χ1v) is 16.8. The van der Waals surface area contributed by atoms with Crippen molar-refractivity contribution in [2.45, 2.75) is 45.4 Å². The van der Waals surface area contributed by atoms with Gasteiger partial charge in [-0.25, -0.2) is 0 Å². The highest BCUT2D eigenvalue weighted by Gasteiger charge is 2.20. The number of hydrogen-bond donors (Lipinski definition) is 2. The van der Waals surface area contributed by atoms with Crippen LogP contribution in [0.2, 0.25) is 0 Å². The number of piperazine rings is 1. The first-order chi connectivity index (χ1) is 22.2. The number of carbonyl (C=O) groups is 3. The number of carbonyl (C=O) groups excluding carboxylic acids is 3. The maximum atomic E-state index is 13.3. The number of nitrogens with zero attached hydrogens (tertiary/aromatic N) is 3. The van der Waals surface area contributed by atoms with Crippen LogP contribution in [0, 0.1) is 6.92 Å². The van der Waals surface area contributed by atoms with E-state index in [1.807, 2.05) is 48.2 Å². The molecular formula is C35H47N5O5S. The highest BCUT2D eigenvalue weighted by molar-refractivity contribution is 7.16. The fourth-order valence-corrected chi connectivity index (χ4v) is 6.03. The lowest BCUT2D eigenvalue weighted by molar-refractivity contribution is -0.132. The van der Waals surface area contributed by atoms with E-state index in [9.17, 15) is 14.4 Å². The molecule has 2 aromatic carbocycles. The standard InChI is InChI=1S/C35H47N5O5S/c1-26-13-15-29(31(24-26)45-22-8-4-5-12-33(41)40-20-18-38(2)19-21-40)39(3)34(42)25-27-14-16-32(46-27)37-35(43)28-10-6-7-11-30(28)44-23-9-17-36/h6-7,10-11,13-16,24H,4-5,8-9,12,17-23,25,36H2,1-3H3,(H,37,43). The Labute approximate surface area is 276 Å². The third kappa shape index (κ3) is 10.3. The van der Waals surface area contributed by atoms with Crippen LogP contribution in [0.4, 0.5) is 10.7 Å². The van der Waals surface area contributed by atoms with Crippen LogP contribution < -0.4 is 25.4 Å². The Morgan fingerprint density at radius 3 is 2.43 bits per heavy atom. The van der Waals surface area contributed by atoms with E-state index in [2.05, 4.69) is 17.3 Å². The molecule has 0 atom stereocenters. The molecule has 248 valence electrons. The first kappa shape index (κ1) is 34.9. The molecule has 10 nitrogen and oxygen atoms in total. The molecule has 3 N–H and O–H groups in total. The number of rotatable bonds is 16. The zero-order chi connectivity index (χ0) is 32.9. The lowest BCUT2D eigenvalue weighted by Gasteiger charge is -2.32. The second-order valence-electron chi connectivity index (χ2n) is 11.7. The molecule has 0 unspecified atom stereocenters. The second kappa shape index (κ2) is 17.7. The molecule has 4 rings (SSSR count). The van der Waals surface area contributed by atoms with Crippen LogP contribution in [-0.4, -0.2) is 87.6 Å². The number of para-hydroxylation sites is 1. The number of nitrogens with one attached hydrogen (secondary N) is 1. The quantitative estimate of drug-likeness (QED) is 0.211. The van der Waals surface area contributed by atoms with Gasteiger partial charge in [-0.2, -0.15) is 0 Å². The van der Waals surface area contributed by atoms with Crippen molar-refractivity contribution in [1.82, 2.24) is 9.80 Å². The molecule has 0 aliphatic carbocycles. The zero-order valence-electron chi connectivity index (χ0n) is 27.3. The van der Waals surface area contributed by atoms with Crippen LogP contribution in [0.3, 0.4) is 0 Å². The van der Waals surface area contributed by atoms with Gasteiger partial charge in [-0.3, -0.25) is 14.4 Å². The molecule has 11 heteroatoms. The van der Waals surface area contributed by atoms with Crippen molar-refractivity contribution in [3.8, 4) is 11.5 Å². The Kier molecular flexibility index (Phi) is 13.4. The van der Waals surface area contributed by atoms with E-state index in [1.54, 1.807) is 30.1 Å². The number of aryl methyl sites for hydroxylation is 1. The molecule has 3 amide bonds. The summed E-state index contributed by atoms with van der Waals surface area (Å²) in [6.45, 7) is 6.95. The summed E-state index contributed by atoms with van der Waals surface area (Å²) < 4.78 is 11.9. The van der Waals surface area contributed by atoms with Gasteiger partial charge in [0.15, 0.2) is 0 Å². The molecule has 0 radical (unpaired) electrons. The van der Waals surface area contributed by atoms with Crippen LogP contribution in [0.1, 0.15) is 52.9 Å². The normalized spacial score (nSPS) is 13.3. The number of ether oxygens (including phenoxy) is 2. The third-order valence-electron chi connectivity index (χ3n) is 7.96. The minimum Gasteiger partial charge on any atom is -0.493 e. The van der Waals surface area contributed by atoms with Gasteiger partial charge in [0.1, 0.15) is 11.5 Å². The van der Waals surface area contributed by atoms with Crippen LogP contribution in [0.15, 0.2) is 54.6 Å². The summed E-state index contributed by atoms with van der Waals surface area (Å²) in [5.41, 5.74) is 7.75. The van der Waals surface area contributed by atoms with E-state index in [-0.39, 0.29) is 24.1 Å². The highest BCUT2D eigenvalue weighted by atomic mass is 32.1. The largest absolute Gasteiger partial charge is 0.493 e. The Morgan fingerprint density at radius 1 is 0.913 bits per heavy atom. The Bertz CT molecular complexity index is 1450. The molecule has 46 heavy (non-hydrogen) atoms. The molecule has 0 saturated carbocycles. The van der Waals surface area contributed by atoms with E-state index in [1.165, 1.54) is 11.3 Å². The summed E-state index contributed by atoms with van der Waals surface area (Å²) in [6.07, 6.45) is 4.02. The van der Waals surface area contributed by atoms with Gasteiger partial charge in [0.2, 0.25) is 11.8 Å². The summed E-state index contributed by atoms with van der Waals surface area (Å²) >= 11 is 1.37. The smallest absolute Gasteiger partial charge is 0.260 e. The van der Waals surface area contributed by atoms with Crippen molar-refractivity contribution in [1.29, 1.82) is 0 Å². The van der Waals surface area contributed by atoms with E-state index in [0.717, 1.165) is 55.9 Å². The number of unbranched alkanes of at least 4 members (excludes halogenated alkanes) is 2. The summed E-state index contributed by atoms with van der Waals surface area (Å²) in [5, 5.41) is 3.58. The van der Waals surface area contributed by atoms with Gasteiger partial charge in [-0.15, -0.1) is 11.3 Å². The summed E-state index contributed by atoms with van der Waals surface area (Å²) in [5.74, 6) is 1.05. The predicted molar refractivity (Wildman–Crippen MR) is 184 cm³/mol. The van der Waals surface area contributed by atoms with Gasteiger partial charge in [-0.05, 0) is 88.2 Å². The number of benzene rings is 2. The molecule has 1 fully saturated rings. The number of likely N-dealkylation sites (N-methyl/N-ethyl adjacent to an activating group) is 2. The highest BCUT2D eigenvalue weighted by Crippen LogP contribution is 2.31. The average Bonchev–Trinajstić information content (AvgIpc) is 3.49. The molecule has 0 bridgehead atoms. The van der Waals surface area contributed by atoms with Gasteiger partial charge >= 0.3 is 0 Å². The van der Waals surface area contributed by atoms with Crippen LogP contribution >= 0.6 is 11.3 Å². The molecule has 1 aliphatic heterocycles. The lowest BCUT2D eigenvalue weighted by Crippen LogP contribution is -2.47. The minimum atomic E-state index is -0.275. The molecule has 1 aliphatic rings. The molecular weight excluding hydrogens is 602 g/mol. The summed E-state index contributed by atoms with van der Waals surface area (Å²) in [7, 11) is 3.84. The average molecular weight is 650 g/mol. The Balaban J connectivity index is 1.26. The summed E-state index contributed by atoms with van der Waals surface area (Å²) in [4.78, 5) is 45.5. The van der Waals surface area contributed by atoms with Crippen molar-refractivity contribution >= 4 is 39.7 Å². The molecule has 2 heterocycles. The molecule has 3 aromatic rings. The van der Waals surface area contributed by atoms with E-state index in [0.29, 0.717) is 60.4 Å². The van der Waals surface area contributed by atoms with Crippen molar-refractivity contribution in [2.75, 3.05) is 70.2 Å². The van der Waals surface area contributed by atoms with E-state index < -0.39 is 0 Å². The van der Waals surface area contributed by atoms with E-state index in [4.69, 9.17) is 15.2 Å². The second-order valence-corrected chi connectivity index (χ2v) is 12.8. The zero-order valence-corrected chi connectivity index (χ0v) is 28.1. The van der Waals surface area contributed by atoms with Crippen molar-refractivity contribution in [3.05, 3.63) is 70.6 Å². The van der Waals surface area contributed by atoms with Crippen molar-refractivity contribution < 1.29 is 23.9 Å². The number of hydrogen-bond acceptors (Lipinski definition) is 8. The van der Waals surface area contributed by atoms with Gasteiger partial charge < -0.3 is 35.2 Å². The number of thiophene rings is 1. The van der Waals surface area contributed by atoms with Gasteiger partial charge in [0.05, 0.1) is 35.9 Å². The lowest BCUT2D eigenvalue weighted by atomic mass is 10.1. The maximum absolute atomic E-state index is 13.3. The first-order valence-electron chi connectivity index (χ1n) is 16.0. The third-order valence-corrected chi connectivity index (χ3v) is 8.96. The van der Waals surface area contributed by atoms with Crippen molar-refractivity contribution in [3.63, 3.8) is 0 Å². The predicted octanol–water partition coefficient (Wildman–Crippen LogP) is 4.96. The maximum Gasteiger partial charge on any atom is 0.260 e. The van der Waals surface area contributed by atoms with Gasteiger partial charge in [-0.1, -0.05) is 18.2 Å². The number of anilines is 2.